The van der Waals surface area contributed by atoms with E-state index < -0.39 is 0 Å². The van der Waals surface area contributed by atoms with Crippen molar-refractivity contribution in [2.45, 2.75) is 26.9 Å². The number of hydrogen-bond acceptors (Lipinski definition) is 1. The van der Waals surface area contributed by atoms with Crippen LogP contribution in [0.1, 0.15) is 20.8 Å². The zero-order chi connectivity index (χ0) is 9.61. The number of halogens is 2. The molecule has 0 aliphatic carbocycles. The maximum absolute atomic E-state index is 9.52. The molecule has 0 aromatic rings. The summed E-state index contributed by atoms with van der Waals surface area (Å²) in [7, 11) is 0. The van der Waals surface area contributed by atoms with Crippen LogP contribution in [-0.4, -0.2) is 47.2 Å². The van der Waals surface area contributed by atoms with Crippen LogP contribution in [0.4, 0.5) is 0 Å². The molecule has 13 heavy (non-hydrogen) atoms. The molecule has 0 saturated heterocycles. The fourth-order valence-electron chi connectivity index (χ4n) is 1.55. The normalized spacial score (nSPS) is 13.6. The van der Waals surface area contributed by atoms with Gasteiger partial charge in [-0.15, -0.1) is 0 Å². The van der Waals surface area contributed by atoms with Gasteiger partial charge in [0.25, 0.3) is 0 Å². The maximum atomic E-state index is 9.52. The lowest BCUT2D eigenvalue weighted by molar-refractivity contribution is -0.925. The molecular formula is C9H21BrINO. The largest absolute Gasteiger partial charge is 1.00 e. The third-order valence-electron chi connectivity index (χ3n) is 2.79. The first-order chi connectivity index (χ1) is 5.64. The quantitative estimate of drug-likeness (QED) is 0.349. The SMILES string of the molecule is CC[N+](CC)(CC)CC(O)CBr.[I-]. The molecule has 0 saturated carbocycles. The van der Waals surface area contributed by atoms with Gasteiger partial charge in [0.2, 0.25) is 0 Å². The molecule has 0 radical (unpaired) electrons. The molecule has 1 N–H and O–H groups in total. The number of alkyl halides is 1. The summed E-state index contributed by atoms with van der Waals surface area (Å²) in [6.45, 7) is 10.8. The van der Waals surface area contributed by atoms with Crippen LogP contribution in [0.5, 0.6) is 0 Å². The Balaban J connectivity index is 0. The first-order valence-electron chi connectivity index (χ1n) is 4.73. The van der Waals surface area contributed by atoms with Crippen LogP contribution in [0.15, 0.2) is 0 Å². The molecule has 0 amide bonds. The molecule has 2 nitrogen and oxygen atoms in total. The number of aliphatic hydroxyl groups excluding tert-OH is 1. The molecule has 0 aliphatic rings. The number of quaternary nitrogens is 1. The van der Waals surface area contributed by atoms with Gasteiger partial charge in [0, 0.05) is 5.33 Å². The highest BCUT2D eigenvalue weighted by Crippen LogP contribution is 2.08. The Hall–Kier alpha value is 1.13. The van der Waals surface area contributed by atoms with E-state index in [4.69, 9.17) is 0 Å². The molecule has 0 bridgehead atoms. The third kappa shape index (κ3) is 5.54. The topological polar surface area (TPSA) is 20.2 Å². The summed E-state index contributed by atoms with van der Waals surface area (Å²) in [4.78, 5) is 0. The molecule has 1 unspecified atom stereocenters. The van der Waals surface area contributed by atoms with E-state index in [2.05, 4.69) is 36.7 Å². The van der Waals surface area contributed by atoms with Crippen molar-refractivity contribution in [1.82, 2.24) is 0 Å². The Labute approximate surface area is 107 Å². The highest BCUT2D eigenvalue weighted by molar-refractivity contribution is 9.09. The Kier molecular flexibility index (Phi) is 10.7. The van der Waals surface area contributed by atoms with Crippen LogP contribution in [-0.2, 0) is 0 Å². The van der Waals surface area contributed by atoms with E-state index in [0.717, 1.165) is 30.7 Å². The minimum Gasteiger partial charge on any atom is -1.00 e. The van der Waals surface area contributed by atoms with Crippen molar-refractivity contribution in [3.05, 3.63) is 0 Å². The van der Waals surface area contributed by atoms with Gasteiger partial charge in [0.1, 0.15) is 12.6 Å². The third-order valence-corrected chi connectivity index (χ3v) is 3.54. The molecular weight excluding hydrogens is 345 g/mol. The number of rotatable bonds is 6. The standard InChI is InChI=1S/C9H21BrNO.HI/c1-4-11(5-2,6-3)8-9(12)7-10;/h9,12H,4-8H2,1-3H3;1H/q+1;/p-1. The zero-order valence-corrected chi connectivity index (χ0v) is 12.5. The van der Waals surface area contributed by atoms with Gasteiger partial charge in [-0.3, -0.25) is 0 Å². The predicted octanol–water partition coefficient (Wildman–Crippen LogP) is -1.38. The second-order valence-corrected chi connectivity index (χ2v) is 3.93. The zero-order valence-electron chi connectivity index (χ0n) is 8.76. The number of aliphatic hydroxyl groups is 1. The van der Waals surface area contributed by atoms with Gasteiger partial charge in [-0.1, -0.05) is 15.9 Å². The van der Waals surface area contributed by atoms with Crippen molar-refractivity contribution >= 4 is 15.9 Å². The highest BCUT2D eigenvalue weighted by Gasteiger charge is 2.23. The summed E-state index contributed by atoms with van der Waals surface area (Å²) in [5, 5.41) is 10.2. The van der Waals surface area contributed by atoms with Gasteiger partial charge >= 0.3 is 0 Å². The molecule has 82 valence electrons. The maximum Gasteiger partial charge on any atom is 0.113 e. The Bertz CT molecular complexity index is 112. The minimum atomic E-state index is -0.204. The highest BCUT2D eigenvalue weighted by atomic mass is 127. The molecule has 0 aromatic carbocycles. The lowest BCUT2D eigenvalue weighted by atomic mass is 10.2. The lowest BCUT2D eigenvalue weighted by Crippen LogP contribution is -3.00. The predicted molar refractivity (Wildman–Crippen MR) is 56.6 cm³/mol. The summed E-state index contributed by atoms with van der Waals surface area (Å²) < 4.78 is 1.02. The van der Waals surface area contributed by atoms with Crippen LogP contribution in [0, 0.1) is 0 Å². The van der Waals surface area contributed by atoms with E-state index in [1.54, 1.807) is 0 Å². The van der Waals surface area contributed by atoms with Crippen LogP contribution < -0.4 is 24.0 Å². The second-order valence-electron chi connectivity index (χ2n) is 3.28. The Morgan fingerprint density at radius 1 is 1.15 bits per heavy atom. The first-order valence-corrected chi connectivity index (χ1v) is 5.85. The van der Waals surface area contributed by atoms with Crippen LogP contribution >= 0.6 is 15.9 Å². The van der Waals surface area contributed by atoms with Gasteiger partial charge in [-0.05, 0) is 20.8 Å². The Morgan fingerprint density at radius 3 is 1.77 bits per heavy atom. The van der Waals surface area contributed by atoms with Crippen LogP contribution in [0.25, 0.3) is 0 Å². The van der Waals surface area contributed by atoms with Gasteiger partial charge < -0.3 is 33.6 Å². The van der Waals surface area contributed by atoms with E-state index in [0.29, 0.717) is 5.33 Å². The summed E-state index contributed by atoms with van der Waals surface area (Å²) in [5.41, 5.74) is 0. The first kappa shape index (κ1) is 16.6. The summed E-state index contributed by atoms with van der Waals surface area (Å²) >= 11 is 3.29. The van der Waals surface area contributed by atoms with E-state index in [1.807, 2.05) is 0 Å². The fraction of sp³-hybridized carbons (Fsp3) is 1.00. The van der Waals surface area contributed by atoms with E-state index in [9.17, 15) is 5.11 Å². The summed E-state index contributed by atoms with van der Waals surface area (Å²) in [6, 6.07) is 0. The lowest BCUT2D eigenvalue weighted by Gasteiger charge is -2.37. The molecule has 0 aromatic heterocycles. The summed E-state index contributed by atoms with van der Waals surface area (Å²) in [6.07, 6.45) is -0.204. The summed E-state index contributed by atoms with van der Waals surface area (Å²) in [5.74, 6) is 0. The fourth-order valence-corrected chi connectivity index (χ4v) is 1.76. The molecule has 0 aliphatic heterocycles. The van der Waals surface area contributed by atoms with Crippen molar-refractivity contribution in [2.24, 2.45) is 0 Å². The number of hydrogen-bond donors (Lipinski definition) is 1. The molecule has 0 heterocycles. The van der Waals surface area contributed by atoms with Gasteiger partial charge in [0.15, 0.2) is 0 Å². The van der Waals surface area contributed by atoms with Crippen molar-refractivity contribution < 1.29 is 33.6 Å². The number of nitrogens with zero attached hydrogens (tertiary/aromatic N) is 1. The Morgan fingerprint density at radius 2 is 1.54 bits per heavy atom. The van der Waals surface area contributed by atoms with E-state index >= 15 is 0 Å². The monoisotopic (exact) mass is 365 g/mol. The van der Waals surface area contributed by atoms with Crippen LogP contribution in [0.3, 0.4) is 0 Å². The molecule has 0 fully saturated rings. The molecule has 0 rings (SSSR count). The molecule has 4 heteroatoms. The van der Waals surface area contributed by atoms with Gasteiger partial charge in [0.05, 0.1) is 19.6 Å². The van der Waals surface area contributed by atoms with Crippen molar-refractivity contribution in [1.29, 1.82) is 0 Å². The average Bonchev–Trinajstić information content (AvgIpc) is 2.14. The molecule has 1 atom stereocenters. The minimum absolute atomic E-state index is 0. The average molecular weight is 366 g/mol. The number of likely N-dealkylation sites (N-methyl/N-ethyl adjacent to an activating group) is 1. The van der Waals surface area contributed by atoms with E-state index in [-0.39, 0.29) is 30.1 Å². The van der Waals surface area contributed by atoms with E-state index in [1.165, 1.54) is 0 Å². The van der Waals surface area contributed by atoms with Gasteiger partial charge in [-0.25, -0.2) is 0 Å². The second kappa shape index (κ2) is 8.44. The van der Waals surface area contributed by atoms with Crippen molar-refractivity contribution in [3.63, 3.8) is 0 Å². The van der Waals surface area contributed by atoms with Gasteiger partial charge in [-0.2, -0.15) is 0 Å². The van der Waals surface area contributed by atoms with Crippen molar-refractivity contribution in [2.75, 3.05) is 31.5 Å². The molecule has 0 spiro atoms. The smallest absolute Gasteiger partial charge is 0.113 e. The van der Waals surface area contributed by atoms with Crippen molar-refractivity contribution in [3.8, 4) is 0 Å². The van der Waals surface area contributed by atoms with Crippen LogP contribution in [0.2, 0.25) is 0 Å².